The fourth-order valence-electron chi connectivity index (χ4n) is 3.44. The van der Waals surface area contributed by atoms with Crippen LogP contribution in [0.15, 0.2) is 0 Å². The maximum absolute atomic E-state index is 12.9. The van der Waals surface area contributed by atoms with Gasteiger partial charge in [0.15, 0.2) is 0 Å². The van der Waals surface area contributed by atoms with Crippen molar-refractivity contribution in [3.8, 4) is 0 Å². The molecule has 11 N–H and O–H groups in total. The SMILES string of the molecule is NCCCCC(NC(=O)C1CCCN1)C(=O)NC(CC(N)=O)C(=O)NC(CCC(N)=O)C(=O)O. The summed E-state index contributed by atoms with van der Waals surface area (Å²) >= 11 is 0. The summed E-state index contributed by atoms with van der Waals surface area (Å²) in [6, 6.07) is -4.40. The highest BCUT2D eigenvalue weighted by Gasteiger charge is 2.32. The van der Waals surface area contributed by atoms with Crippen molar-refractivity contribution in [2.24, 2.45) is 17.2 Å². The van der Waals surface area contributed by atoms with Crippen LogP contribution in [0.2, 0.25) is 0 Å². The average Bonchev–Trinajstić information content (AvgIpc) is 3.29. The predicted octanol–water partition coefficient (Wildman–Crippen LogP) is -3.45. The normalized spacial score (nSPS) is 17.7. The van der Waals surface area contributed by atoms with Crippen LogP contribution in [0.25, 0.3) is 0 Å². The topological polar surface area (TPSA) is 249 Å². The van der Waals surface area contributed by atoms with Crippen LogP contribution < -0.4 is 38.5 Å². The largest absolute Gasteiger partial charge is 0.480 e. The molecule has 1 saturated heterocycles. The second kappa shape index (κ2) is 14.8. The van der Waals surface area contributed by atoms with E-state index in [-0.39, 0.29) is 25.2 Å². The number of carboxylic acids is 1. The maximum atomic E-state index is 12.9. The second-order valence-electron chi connectivity index (χ2n) is 8.13. The predicted molar refractivity (Wildman–Crippen MR) is 120 cm³/mol. The third kappa shape index (κ3) is 10.6. The Morgan fingerprint density at radius 1 is 0.882 bits per heavy atom. The number of hydrogen-bond acceptors (Lipinski definition) is 8. The molecule has 1 aliphatic rings. The van der Waals surface area contributed by atoms with Gasteiger partial charge in [-0.05, 0) is 51.6 Å². The highest BCUT2D eigenvalue weighted by atomic mass is 16.4. The lowest BCUT2D eigenvalue weighted by Crippen LogP contribution is -2.57. The maximum Gasteiger partial charge on any atom is 0.326 e. The van der Waals surface area contributed by atoms with Crippen molar-refractivity contribution in [3.05, 3.63) is 0 Å². The molecule has 0 aromatic heterocycles. The molecule has 5 amide bonds. The summed E-state index contributed by atoms with van der Waals surface area (Å²) in [5.74, 6) is -5.16. The van der Waals surface area contributed by atoms with E-state index in [1.54, 1.807) is 0 Å². The highest BCUT2D eigenvalue weighted by molar-refractivity contribution is 5.96. The van der Waals surface area contributed by atoms with Crippen molar-refractivity contribution in [1.82, 2.24) is 21.3 Å². The molecule has 14 heteroatoms. The van der Waals surface area contributed by atoms with E-state index in [1.165, 1.54) is 0 Å². The molecule has 0 radical (unpaired) electrons. The van der Waals surface area contributed by atoms with Crippen LogP contribution in [-0.4, -0.2) is 77.9 Å². The van der Waals surface area contributed by atoms with Crippen molar-refractivity contribution in [2.45, 2.75) is 75.5 Å². The smallest absolute Gasteiger partial charge is 0.326 e. The molecule has 1 fully saturated rings. The van der Waals surface area contributed by atoms with Gasteiger partial charge in [-0.1, -0.05) is 0 Å². The van der Waals surface area contributed by atoms with E-state index in [0.29, 0.717) is 32.4 Å². The quantitative estimate of drug-likeness (QED) is 0.101. The minimum absolute atomic E-state index is 0.239. The molecular formula is C20H35N7O7. The van der Waals surface area contributed by atoms with Crippen LogP contribution in [0.5, 0.6) is 0 Å². The van der Waals surface area contributed by atoms with Crippen molar-refractivity contribution in [2.75, 3.05) is 13.1 Å². The van der Waals surface area contributed by atoms with Gasteiger partial charge in [0, 0.05) is 6.42 Å². The van der Waals surface area contributed by atoms with Crippen LogP contribution in [0.4, 0.5) is 0 Å². The van der Waals surface area contributed by atoms with Gasteiger partial charge >= 0.3 is 5.97 Å². The number of amides is 5. The summed E-state index contributed by atoms with van der Waals surface area (Å²) in [6.45, 7) is 1.07. The molecule has 0 spiro atoms. The number of unbranched alkanes of at least 4 members (excludes halogenated alkanes) is 1. The third-order valence-electron chi connectivity index (χ3n) is 5.29. The van der Waals surface area contributed by atoms with Crippen LogP contribution in [0.1, 0.15) is 51.4 Å². The second-order valence-corrected chi connectivity index (χ2v) is 8.13. The van der Waals surface area contributed by atoms with Gasteiger partial charge in [0.2, 0.25) is 29.5 Å². The Balaban J connectivity index is 2.91. The first-order chi connectivity index (χ1) is 16.0. The van der Waals surface area contributed by atoms with E-state index >= 15 is 0 Å². The lowest BCUT2D eigenvalue weighted by molar-refractivity contribution is -0.142. The summed E-state index contributed by atoms with van der Waals surface area (Å²) in [5, 5.41) is 19.5. The first-order valence-corrected chi connectivity index (χ1v) is 11.2. The summed E-state index contributed by atoms with van der Waals surface area (Å²) in [7, 11) is 0. The van der Waals surface area contributed by atoms with Gasteiger partial charge in [0.25, 0.3) is 0 Å². The van der Waals surface area contributed by atoms with Crippen molar-refractivity contribution < 1.29 is 33.9 Å². The van der Waals surface area contributed by atoms with Gasteiger partial charge in [-0.15, -0.1) is 0 Å². The summed E-state index contributed by atoms with van der Waals surface area (Å²) in [5.41, 5.74) is 15.7. The van der Waals surface area contributed by atoms with E-state index in [2.05, 4.69) is 21.3 Å². The van der Waals surface area contributed by atoms with Gasteiger partial charge in [-0.3, -0.25) is 24.0 Å². The van der Waals surface area contributed by atoms with E-state index in [0.717, 1.165) is 6.42 Å². The Morgan fingerprint density at radius 3 is 2.06 bits per heavy atom. The van der Waals surface area contributed by atoms with Crippen LogP contribution in [-0.2, 0) is 28.8 Å². The number of nitrogens with one attached hydrogen (secondary N) is 4. The number of rotatable bonds is 16. The van der Waals surface area contributed by atoms with Gasteiger partial charge in [-0.2, -0.15) is 0 Å². The number of carbonyl (C=O) groups is 6. The Kier molecular flexibility index (Phi) is 12.5. The Morgan fingerprint density at radius 2 is 1.53 bits per heavy atom. The summed E-state index contributed by atoms with van der Waals surface area (Å²) in [6.07, 6.45) is 1.63. The molecule has 1 aliphatic heterocycles. The number of aliphatic carboxylic acids is 1. The molecule has 0 aliphatic carbocycles. The van der Waals surface area contributed by atoms with Crippen molar-refractivity contribution >= 4 is 35.5 Å². The molecule has 0 aromatic rings. The average molecular weight is 486 g/mol. The number of nitrogens with two attached hydrogens (primary N) is 3. The van der Waals surface area contributed by atoms with E-state index < -0.39 is 60.2 Å². The summed E-state index contributed by atoms with van der Waals surface area (Å²) < 4.78 is 0. The van der Waals surface area contributed by atoms with Crippen molar-refractivity contribution in [1.29, 1.82) is 0 Å². The number of carboxylic acid groups (broad SMARTS) is 1. The van der Waals surface area contributed by atoms with Crippen LogP contribution in [0.3, 0.4) is 0 Å². The van der Waals surface area contributed by atoms with Gasteiger partial charge < -0.3 is 43.6 Å². The first kappa shape index (κ1) is 28.8. The molecule has 0 aromatic carbocycles. The van der Waals surface area contributed by atoms with E-state index in [4.69, 9.17) is 17.2 Å². The molecule has 34 heavy (non-hydrogen) atoms. The molecule has 1 rings (SSSR count). The van der Waals surface area contributed by atoms with Gasteiger partial charge in [0.1, 0.15) is 18.1 Å². The summed E-state index contributed by atoms with van der Waals surface area (Å²) in [4.78, 5) is 71.9. The zero-order valence-electron chi connectivity index (χ0n) is 19.0. The molecule has 1 heterocycles. The zero-order valence-corrected chi connectivity index (χ0v) is 19.0. The number of carbonyl (C=O) groups excluding carboxylic acids is 5. The molecular weight excluding hydrogens is 450 g/mol. The minimum atomic E-state index is -1.49. The van der Waals surface area contributed by atoms with Crippen molar-refractivity contribution in [3.63, 3.8) is 0 Å². The Labute approximate surface area is 197 Å². The molecule has 0 bridgehead atoms. The zero-order chi connectivity index (χ0) is 25.7. The van der Waals surface area contributed by atoms with Crippen LogP contribution in [0, 0.1) is 0 Å². The highest BCUT2D eigenvalue weighted by Crippen LogP contribution is 2.08. The van der Waals surface area contributed by atoms with Crippen LogP contribution >= 0.6 is 0 Å². The lowest BCUT2D eigenvalue weighted by Gasteiger charge is -2.24. The fourth-order valence-corrected chi connectivity index (χ4v) is 3.44. The fraction of sp³-hybridized carbons (Fsp3) is 0.700. The first-order valence-electron chi connectivity index (χ1n) is 11.2. The Bertz CT molecular complexity index is 756. The van der Waals surface area contributed by atoms with E-state index in [9.17, 15) is 33.9 Å². The number of primary amides is 2. The number of hydrogen-bond donors (Lipinski definition) is 8. The Hall–Kier alpha value is -3.26. The third-order valence-corrected chi connectivity index (χ3v) is 5.29. The molecule has 0 saturated carbocycles. The lowest BCUT2D eigenvalue weighted by atomic mass is 10.1. The molecule has 4 atom stereocenters. The van der Waals surface area contributed by atoms with Gasteiger partial charge in [0.05, 0.1) is 12.5 Å². The minimum Gasteiger partial charge on any atom is -0.480 e. The van der Waals surface area contributed by atoms with E-state index in [1.807, 2.05) is 0 Å². The molecule has 14 nitrogen and oxygen atoms in total. The molecule has 4 unspecified atom stereocenters. The monoisotopic (exact) mass is 485 g/mol. The molecule has 192 valence electrons. The van der Waals surface area contributed by atoms with Gasteiger partial charge in [-0.25, -0.2) is 4.79 Å². The standard InChI is InChI=1S/C20H35N7O7/c21-8-2-1-4-12(25-17(30)11-5-3-9-24-11)18(31)27-14(10-16(23)29)19(32)26-13(20(33)34)6-7-15(22)28/h11-14,24H,1-10,21H2,(H2,22,28)(H2,23,29)(H,25,30)(H,26,32)(H,27,31)(H,33,34).